The van der Waals surface area contributed by atoms with Gasteiger partial charge in [0.15, 0.2) is 0 Å². The quantitative estimate of drug-likeness (QED) is 0.332. The number of unbranched alkanes of at least 4 members (excludes halogenated alkanes) is 3. The molecule has 2 saturated heterocycles. The summed E-state index contributed by atoms with van der Waals surface area (Å²) in [7, 11) is 0. The Kier molecular flexibility index (Phi) is 8.58. The smallest absolute Gasteiger partial charge is 0.247 e. The molecular formula is C32H43N3O5S. The van der Waals surface area contributed by atoms with Crippen LogP contribution in [0.25, 0.3) is 0 Å². The second-order valence-corrected chi connectivity index (χ2v) is 13.7. The predicted molar refractivity (Wildman–Crippen MR) is 162 cm³/mol. The number of likely N-dealkylation sites (tertiary alicyclic amines) is 1. The van der Waals surface area contributed by atoms with Gasteiger partial charge in [-0.2, -0.15) is 0 Å². The molecule has 2 fully saturated rings. The molecule has 0 aromatic heterocycles. The van der Waals surface area contributed by atoms with Crippen LogP contribution in [0.5, 0.6) is 5.75 Å². The third kappa shape index (κ3) is 5.09. The summed E-state index contributed by atoms with van der Waals surface area (Å²) in [6.45, 7) is 10.1. The second kappa shape index (κ2) is 11.8. The van der Waals surface area contributed by atoms with Crippen molar-refractivity contribution in [2.24, 2.45) is 11.8 Å². The average molecular weight is 582 g/mol. The molecule has 1 N–H and O–H groups in total. The van der Waals surface area contributed by atoms with Gasteiger partial charge >= 0.3 is 0 Å². The van der Waals surface area contributed by atoms with Gasteiger partial charge in [-0.15, -0.1) is 11.8 Å². The Morgan fingerprint density at radius 3 is 2.34 bits per heavy atom. The number of anilines is 1. The van der Waals surface area contributed by atoms with Crippen molar-refractivity contribution in [2.75, 3.05) is 37.7 Å². The molecule has 4 aliphatic rings. The van der Waals surface area contributed by atoms with E-state index in [4.69, 9.17) is 4.74 Å². The van der Waals surface area contributed by atoms with E-state index in [2.05, 4.69) is 19.1 Å². The van der Waals surface area contributed by atoms with Gasteiger partial charge in [-0.3, -0.25) is 14.4 Å². The molecule has 0 aliphatic carbocycles. The lowest BCUT2D eigenvalue weighted by Crippen LogP contribution is -2.54. The molecule has 0 saturated carbocycles. The third-order valence-corrected chi connectivity index (χ3v) is 10.8. The lowest BCUT2D eigenvalue weighted by Gasteiger charge is -2.37. The summed E-state index contributed by atoms with van der Waals surface area (Å²) in [4.78, 5) is 48.6. The minimum atomic E-state index is -0.829. The molecule has 0 radical (unpaired) electrons. The number of aliphatic hydroxyl groups is 1. The molecule has 4 heterocycles. The third-order valence-electron chi connectivity index (χ3n) is 8.98. The van der Waals surface area contributed by atoms with Crippen molar-refractivity contribution in [3.05, 3.63) is 48.6 Å². The number of nitrogens with zero attached hydrogens (tertiary/aromatic N) is 3. The van der Waals surface area contributed by atoms with E-state index in [0.717, 1.165) is 37.1 Å². The fraction of sp³-hybridized carbons (Fsp3) is 0.594. The molecule has 41 heavy (non-hydrogen) atoms. The number of benzene rings is 1. The van der Waals surface area contributed by atoms with Crippen molar-refractivity contribution in [1.82, 2.24) is 9.80 Å². The summed E-state index contributed by atoms with van der Waals surface area (Å²) in [6.07, 6.45) is 11.5. The van der Waals surface area contributed by atoms with Crippen molar-refractivity contribution in [1.29, 1.82) is 0 Å². The van der Waals surface area contributed by atoms with Crippen LogP contribution in [0.1, 0.15) is 53.4 Å². The lowest BCUT2D eigenvalue weighted by atomic mass is 9.74. The number of ether oxygens (including phenoxy) is 1. The summed E-state index contributed by atoms with van der Waals surface area (Å²) in [5.41, 5.74) is 0.763. The van der Waals surface area contributed by atoms with Gasteiger partial charge in [0.1, 0.15) is 11.8 Å². The van der Waals surface area contributed by atoms with Crippen LogP contribution in [-0.2, 0) is 14.4 Å². The van der Waals surface area contributed by atoms with Gasteiger partial charge in [-0.1, -0.05) is 37.1 Å². The zero-order valence-electron chi connectivity index (χ0n) is 24.6. The van der Waals surface area contributed by atoms with E-state index >= 15 is 0 Å². The Morgan fingerprint density at radius 2 is 1.66 bits per heavy atom. The number of amides is 3. The first kappa shape index (κ1) is 29.7. The van der Waals surface area contributed by atoms with Crippen molar-refractivity contribution >= 4 is 35.2 Å². The van der Waals surface area contributed by atoms with Crippen molar-refractivity contribution < 1.29 is 24.2 Å². The van der Waals surface area contributed by atoms with E-state index < -0.39 is 27.4 Å². The van der Waals surface area contributed by atoms with Crippen LogP contribution in [0.3, 0.4) is 0 Å². The fourth-order valence-corrected chi connectivity index (χ4v) is 9.27. The fourth-order valence-electron chi connectivity index (χ4n) is 7.11. The number of thioether (sulfide) groups is 1. The molecule has 1 spiro atoms. The van der Waals surface area contributed by atoms with E-state index in [1.54, 1.807) is 21.6 Å². The molecule has 9 heteroatoms. The van der Waals surface area contributed by atoms with Crippen LogP contribution in [0.4, 0.5) is 5.69 Å². The number of carbonyl (C=O) groups is 3. The summed E-state index contributed by atoms with van der Waals surface area (Å²) < 4.78 is 4.13. The molecule has 5 rings (SSSR count). The van der Waals surface area contributed by atoms with Gasteiger partial charge in [0, 0.05) is 42.7 Å². The Balaban J connectivity index is 1.53. The molecule has 4 aliphatic heterocycles. The number of hydrogen-bond acceptors (Lipinski definition) is 6. The number of rotatable bonds is 10. The highest BCUT2D eigenvalue weighted by atomic mass is 32.2. The minimum absolute atomic E-state index is 0.00741. The van der Waals surface area contributed by atoms with Crippen molar-refractivity contribution in [3.8, 4) is 5.75 Å². The first-order chi connectivity index (χ1) is 19.7. The molecule has 3 amide bonds. The van der Waals surface area contributed by atoms with Gasteiger partial charge in [0.2, 0.25) is 17.7 Å². The van der Waals surface area contributed by atoms with Crippen molar-refractivity contribution in [2.45, 2.75) is 75.0 Å². The molecule has 1 aromatic carbocycles. The van der Waals surface area contributed by atoms with Gasteiger partial charge in [-0.25, -0.2) is 0 Å². The highest BCUT2D eigenvalue weighted by molar-refractivity contribution is 8.02. The first-order valence-corrected chi connectivity index (χ1v) is 15.8. The molecule has 5 atom stereocenters. The Labute approximate surface area is 247 Å². The maximum absolute atomic E-state index is 14.5. The highest BCUT2D eigenvalue weighted by Crippen LogP contribution is 2.65. The Morgan fingerprint density at radius 1 is 0.951 bits per heavy atom. The molecule has 0 bridgehead atoms. The van der Waals surface area contributed by atoms with Crippen LogP contribution >= 0.6 is 11.8 Å². The zero-order chi connectivity index (χ0) is 29.4. The summed E-state index contributed by atoms with van der Waals surface area (Å²) in [5.74, 6) is -0.739. The number of aliphatic hydroxyl groups excluding tert-OH is 1. The maximum Gasteiger partial charge on any atom is 0.247 e. The molecular weight excluding hydrogens is 538 g/mol. The largest absolute Gasteiger partial charge is 0.494 e. The topological polar surface area (TPSA) is 90.4 Å². The highest BCUT2D eigenvalue weighted by Gasteiger charge is 2.73. The Bertz CT molecular complexity index is 1220. The van der Waals surface area contributed by atoms with Crippen LogP contribution in [0.2, 0.25) is 0 Å². The number of hydrogen-bond donors (Lipinski definition) is 1. The number of fused-ring (bicyclic) bond motifs is 2. The monoisotopic (exact) mass is 581 g/mol. The lowest BCUT2D eigenvalue weighted by molar-refractivity contribution is -0.143. The molecule has 1 aromatic rings. The molecule has 8 nitrogen and oxygen atoms in total. The standard InChI is InChI=1S/C32H43N3O5S/c1-5-40-24-14-12-23(13-15-24)34-20-10-16-31(4)25(28(34)37)26-29(38)35(18-8-6-7-9-21-36)27-30(39)33(22(2)3)19-11-17-32(26,27)41-31/h10-17,22,25-27,36H,5-9,18-21H2,1-4H3/t25-,26-,27?,31+,32-/m0/s1. The van der Waals surface area contributed by atoms with Gasteiger partial charge in [0.25, 0.3) is 0 Å². The predicted octanol–water partition coefficient (Wildman–Crippen LogP) is 4.04. The number of carbonyl (C=O) groups excluding carboxylic acids is 3. The zero-order valence-corrected chi connectivity index (χ0v) is 25.4. The summed E-state index contributed by atoms with van der Waals surface area (Å²) in [6, 6.07) is 6.86. The second-order valence-electron chi connectivity index (χ2n) is 11.9. The first-order valence-electron chi connectivity index (χ1n) is 15.0. The van der Waals surface area contributed by atoms with Gasteiger partial charge in [0.05, 0.1) is 23.2 Å². The Hall–Kier alpha value is -2.78. The summed E-state index contributed by atoms with van der Waals surface area (Å²) in [5, 5.41) is 9.18. The van der Waals surface area contributed by atoms with E-state index in [9.17, 15) is 19.5 Å². The SMILES string of the molecule is CCOc1ccc(N2CC=C[C@@]3(C)S[C@]45C=CCN(C(C)C)C(=O)C4N(CCCCCCO)C(=O)[C@@H]5[C@H]3C2=O)cc1. The van der Waals surface area contributed by atoms with Gasteiger partial charge in [-0.05, 0) is 64.8 Å². The molecule has 1 unspecified atom stereocenters. The maximum atomic E-state index is 14.5. The van der Waals surface area contributed by atoms with Crippen LogP contribution < -0.4 is 9.64 Å². The van der Waals surface area contributed by atoms with E-state index in [1.807, 2.05) is 62.1 Å². The van der Waals surface area contributed by atoms with Crippen molar-refractivity contribution in [3.63, 3.8) is 0 Å². The van der Waals surface area contributed by atoms with Gasteiger partial charge < -0.3 is 24.5 Å². The minimum Gasteiger partial charge on any atom is -0.494 e. The van der Waals surface area contributed by atoms with Crippen LogP contribution in [-0.4, -0.2) is 87.1 Å². The molecule has 222 valence electrons. The summed E-state index contributed by atoms with van der Waals surface area (Å²) >= 11 is 1.62. The van der Waals surface area contributed by atoms with E-state index in [-0.39, 0.29) is 30.4 Å². The normalized spacial score (nSPS) is 30.9. The van der Waals surface area contributed by atoms with E-state index in [1.165, 1.54) is 0 Å². The van der Waals surface area contributed by atoms with Crippen LogP contribution in [0.15, 0.2) is 48.6 Å². The van der Waals surface area contributed by atoms with E-state index in [0.29, 0.717) is 26.2 Å². The van der Waals surface area contributed by atoms with Crippen LogP contribution in [0, 0.1) is 11.8 Å². The average Bonchev–Trinajstić information content (AvgIpc) is 3.19.